The maximum atomic E-state index is 5.55. The van der Waals surface area contributed by atoms with E-state index in [9.17, 15) is 0 Å². The number of halogens is 1. The van der Waals surface area contributed by atoms with Crippen LogP contribution in [0.15, 0.2) is 35.3 Å². The van der Waals surface area contributed by atoms with Gasteiger partial charge in [-0.15, -0.1) is 24.0 Å². The van der Waals surface area contributed by atoms with E-state index in [2.05, 4.69) is 29.4 Å². The molecule has 0 bridgehead atoms. The number of benzene rings is 1. The summed E-state index contributed by atoms with van der Waals surface area (Å²) in [6.07, 6.45) is 2.28. The molecule has 1 aromatic rings. The molecule has 1 aromatic carbocycles. The maximum absolute atomic E-state index is 5.55. The number of nitrogens with one attached hydrogen (secondary N) is 1. The molecule has 0 spiro atoms. The van der Waals surface area contributed by atoms with E-state index in [4.69, 9.17) is 9.47 Å². The van der Waals surface area contributed by atoms with Gasteiger partial charge in [-0.05, 0) is 12.0 Å². The molecule has 0 aromatic heterocycles. The number of rotatable bonds is 11. The summed E-state index contributed by atoms with van der Waals surface area (Å²) in [5.74, 6) is 0.872. The van der Waals surface area contributed by atoms with Crippen LogP contribution in [-0.4, -0.2) is 57.9 Å². The van der Waals surface area contributed by atoms with Crippen molar-refractivity contribution in [1.29, 1.82) is 0 Å². The summed E-state index contributed by atoms with van der Waals surface area (Å²) in [6, 6.07) is 10.2. The third-order valence-corrected chi connectivity index (χ3v) is 3.22. The van der Waals surface area contributed by atoms with Crippen molar-refractivity contribution in [3.63, 3.8) is 0 Å². The molecule has 0 amide bonds. The van der Waals surface area contributed by atoms with Gasteiger partial charge in [0.15, 0.2) is 5.96 Å². The number of aliphatic imine (C=N–C) groups is 1. The quantitative estimate of drug-likeness (QED) is 0.244. The molecule has 0 heterocycles. The molecule has 0 unspecified atom stereocenters. The topological polar surface area (TPSA) is 46.1 Å². The van der Waals surface area contributed by atoms with Gasteiger partial charge in [0.2, 0.25) is 0 Å². The van der Waals surface area contributed by atoms with Crippen molar-refractivity contribution in [3.8, 4) is 0 Å². The highest BCUT2D eigenvalue weighted by Crippen LogP contribution is 2.00. The zero-order valence-corrected chi connectivity index (χ0v) is 17.5. The molecule has 6 heteroatoms. The molecule has 0 aliphatic heterocycles. The second-order valence-corrected chi connectivity index (χ2v) is 5.52. The first kappa shape index (κ1) is 23.1. The second-order valence-electron chi connectivity index (χ2n) is 5.52. The van der Waals surface area contributed by atoms with E-state index in [1.54, 1.807) is 0 Å². The Morgan fingerprint density at radius 1 is 1.04 bits per heavy atom. The molecule has 138 valence electrons. The van der Waals surface area contributed by atoms with E-state index in [1.807, 2.05) is 37.2 Å². The van der Waals surface area contributed by atoms with E-state index in [1.165, 1.54) is 12.0 Å². The van der Waals surface area contributed by atoms with Crippen LogP contribution in [0.1, 0.15) is 25.3 Å². The highest BCUT2D eigenvalue weighted by atomic mass is 127. The average Bonchev–Trinajstić information content (AvgIpc) is 2.56. The molecule has 0 aliphatic carbocycles. The molecule has 0 atom stereocenters. The molecular weight excluding hydrogens is 417 g/mol. The van der Waals surface area contributed by atoms with Crippen LogP contribution in [0.2, 0.25) is 0 Å². The largest absolute Gasteiger partial charge is 0.379 e. The SMILES string of the molecule is CCCCOCCOCCNC(=NCc1ccccc1)N(C)C.I. The molecule has 1 N–H and O–H groups in total. The Balaban J connectivity index is 0.00000529. The number of guanidine groups is 1. The van der Waals surface area contributed by atoms with Crippen molar-refractivity contribution in [3.05, 3.63) is 35.9 Å². The molecule has 0 saturated heterocycles. The minimum Gasteiger partial charge on any atom is -0.379 e. The van der Waals surface area contributed by atoms with Crippen molar-refractivity contribution in [2.24, 2.45) is 4.99 Å². The standard InChI is InChI=1S/C18H31N3O2.HI/c1-4-5-12-22-14-15-23-13-11-19-18(21(2)3)20-16-17-9-7-6-8-10-17;/h6-10H,4-5,11-16H2,1-3H3,(H,19,20);1H. The fraction of sp³-hybridized carbons (Fsp3) is 0.611. The van der Waals surface area contributed by atoms with Crippen molar-refractivity contribution in [1.82, 2.24) is 10.2 Å². The molecule has 0 fully saturated rings. The van der Waals surface area contributed by atoms with Gasteiger partial charge in [0.25, 0.3) is 0 Å². The Morgan fingerprint density at radius 2 is 1.71 bits per heavy atom. The normalized spacial score (nSPS) is 11.0. The van der Waals surface area contributed by atoms with Gasteiger partial charge in [-0.2, -0.15) is 0 Å². The predicted octanol–water partition coefficient (Wildman–Crippen LogP) is 3.15. The van der Waals surface area contributed by atoms with Gasteiger partial charge >= 0.3 is 0 Å². The van der Waals surface area contributed by atoms with Gasteiger partial charge in [0, 0.05) is 27.2 Å². The van der Waals surface area contributed by atoms with Gasteiger partial charge < -0.3 is 19.7 Å². The van der Waals surface area contributed by atoms with Crippen molar-refractivity contribution >= 4 is 29.9 Å². The van der Waals surface area contributed by atoms with Crippen LogP contribution in [0.4, 0.5) is 0 Å². The molecule has 1 rings (SSSR count). The average molecular weight is 449 g/mol. The number of hydrogen-bond donors (Lipinski definition) is 1. The summed E-state index contributed by atoms with van der Waals surface area (Å²) in [5.41, 5.74) is 1.20. The van der Waals surface area contributed by atoms with Crippen LogP contribution in [0.5, 0.6) is 0 Å². The minimum absolute atomic E-state index is 0. The third kappa shape index (κ3) is 11.6. The molecule has 5 nitrogen and oxygen atoms in total. The Hall–Kier alpha value is -0.860. The lowest BCUT2D eigenvalue weighted by Gasteiger charge is -2.17. The Kier molecular flexibility index (Phi) is 15.1. The molecule has 24 heavy (non-hydrogen) atoms. The number of hydrogen-bond acceptors (Lipinski definition) is 3. The summed E-state index contributed by atoms with van der Waals surface area (Å²) in [6.45, 7) is 6.36. The Bertz CT molecular complexity index is 428. The number of ether oxygens (including phenoxy) is 2. The summed E-state index contributed by atoms with van der Waals surface area (Å²) in [4.78, 5) is 6.60. The lowest BCUT2D eigenvalue weighted by atomic mass is 10.2. The van der Waals surface area contributed by atoms with Gasteiger partial charge in [-0.1, -0.05) is 43.7 Å². The number of unbranched alkanes of at least 4 members (excludes halogenated alkanes) is 1. The monoisotopic (exact) mass is 449 g/mol. The van der Waals surface area contributed by atoms with Gasteiger partial charge in [0.1, 0.15) is 0 Å². The lowest BCUT2D eigenvalue weighted by molar-refractivity contribution is 0.0486. The first-order chi connectivity index (χ1) is 11.2. The van der Waals surface area contributed by atoms with Crippen LogP contribution < -0.4 is 5.32 Å². The van der Waals surface area contributed by atoms with Crippen LogP contribution in [0, 0.1) is 0 Å². The minimum atomic E-state index is 0. The second kappa shape index (κ2) is 15.7. The summed E-state index contributed by atoms with van der Waals surface area (Å²) >= 11 is 0. The first-order valence-electron chi connectivity index (χ1n) is 8.39. The highest BCUT2D eigenvalue weighted by molar-refractivity contribution is 14.0. The number of nitrogens with zero attached hydrogens (tertiary/aromatic N) is 2. The van der Waals surface area contributed by atoms with E-state index in [0.717, 1.165) is 25.5 Å². The van der Waals surface area contributed by atoms with Crippen LogP contribution in [0.3, 0.4) is 0 Å². The van der Waals surface area contributed by atoms with Crippen molar-refractivity contribution < 1.29 is 9.47 Å². The van der Waals surface area contributed by atoms with E-state index in [0.29, 0.717) is 26.4 Å². The zero-order chi connectivity index (χ0) is 16.8. The fourth-order valence-corrected chi connectivity index (χ4v) is 1.91. The first-order valence-corrected chi connectivity index (χ1v) is 8.39. The summed E-state index contributed by atoms with van der Waals surface area (Å²) in [5, 5.41) is 3.31. The van der Waals surface area contributed by atoms with E-state index in [-0.39, 0.29) is 24.0 Å². The third-order valence-electron chi connectivity index (χ3n) is 3.22. The van der Waals surface area contributed by atoms with E-state index >= 15 is 0 Å². The Morgan fingerprint density at radius 3 is 2.33 bits per heavy atom. The van der Waals surface area contributed by atoms with Gasteiger partial charge in [-0.3, -0.25) is 0 Å². The highest BCUT2D eigenvalue weighted by Gasteiger charge is 2.01. The van der Waals surface area contributed by atoms with Crippen LogP contribution in [-0.2, 0) is 16.0 Å². The zero-order valence-electron chi connectivity index (χ0n) is 15.2. The molecule has 0 radical (unpaired) electrons. The smallest absolute Gasteiger partial charge is 0.193 e. The van der Waals surface area contributed by atoms with Crippen molar-refractivity contribution in [2.75, 3.05) is 47.1 Å². The molecule has 0 aliphatic rings. The predicted molar refractivity (Wildman–Crippen MR) is 111 cm³/mol. The molecule has 0 saturated carbocycles. The maximum Gasteiger partial charge on any atom is 0.193 e. The fourth-order valence-electron chi connectivity index (χ4n) is 1.91. The lowest BCUT2D eigenvalue weighted by Crippen LogP contribution is -2.38. The van der Waals surface area contributed by atoms with Crippen molar-refractivity contribution in [2.45, 2.75) is 26.3 Å². The van der Waals surface area contributed by atoms with E-state index < -0.39 is 0 Å². The Labute approximate surface area is 163 Å². The van der Waals surface area contributed by atoms with Gasteiger partial charge in [0.05, 0.1) is 26.4 Å². The van der Waals surface area contributed by atoms with Gasteiger partial charge in [-0.25, -0.2) is 4.99 Å². The summed E-state index contributed by atoms with van der Waals surface area (Å²) in [7, 11) is 3.97. The van der Waals surface area contributed by atoms with Crippen LogP contribution in [0.25, 0.3) is 0 Å². The summed E-state index contributed by atoms with van der Waals surface area (Å²) < 4.78 is 11.0. The van der Waals surface area contributed by atoms with Crippen LogP contribution >= 0.6 is 24.0 Å². The molecular formula is C18H32IN3O2.